The van der Waals surface area contributed by atoms with Crippen LogP contribution < -0.4 is 10.6 Å². The van der Waals surface area contributed by atoms with Crippen molar-refractivity contribution in [3.05, 3.63) is 18.7 Å². The van der Waals surface area contributed by atoms with Gasteiger partial charge in [0.2, 0.25) is 0 Å². The van der Waals surface area contributed by atoms with Crippen LogP contribution in [0.3, 0.4) is 0 Å². The van der Waals surface area contributed by atoms with Gasteiger partial charge in [0, 0.05) is 51.7 Å². The molecule has 0 unspecified atom stereocenters. The molecule has 1 aliphatic rings. The van der Waals surface area contributed by atoms with Gasteiger partial charge in [-0.3, -0.25) is 4.90 Å². The van der Waals surface area contributed by atoms with Crippen LogP contribution in [-0.2, 0) is 11.3 Å². The zero-order valence-electron chi connectivity index (χ0n) is 13.5. The zero-order valence-corrected chi connectivity index (χ0v) is 13.5. The second-order valence-corrected chi connectivity index (χ2v) is 5.85. The van der Waals surface area contributed by atoms with E-state index in [1.165, 1.54) is 0 Å². The molecule has 7 heteroatoms. The number of ether oxygens (including phenoxy) is 1. The summed E-state index contributed by atoms with van der Waals surface area (Å²) in [5.41, 5.74) is 0. The third-order valence-electron chi connectivity index (χ3n) is 3.65. The second-order valence-electron chi connectivity index (χ2n) is 5.85. The lowest BCUT2D eigenvalue weighted by atomic mass is 10.2. The molecule has 22 heavy (non-hydrogen) atoms. The molecule has 0 bridgehead atoms. The number of carbonyl (C=O) groups excluding carboxylic acids is 1. The van der Waals surface area contributed by atoms with Crippen molar-refractivity contribution in [2.75, 3.05) is 32.7 Å². The number of hydrogen-bond acceptors (Lipinski definition) is 4. The number of nitrogens with one attached hydrogen (secondary N) is 2. The van der Waals surface area contributed by atoms with E-state index in [-0.39, 0.29) is 18.2 Å². The van der Waals surface area contributed by atoms with Gasteiger partial charge in [-0.2, -0.15) is 0 Å². The van der Waals surface area contributed by atoms with Crippen LogP contribution in [0.4, 0.5) is 4.79 Å². The number of nitrogens with zero attached hydrogens (tertiary/aromatic N) is 3. The molecule has 1 aromatic heterocycles. The average Bonchev–Trinajstić information content (AvgIpc) is 2.96. The van der Waals surface area contributed by atoms with Gasteiger partial charge in [0.05, 0.1) is 18.5 Å². The van der Waals surface area contributed by atoms with E-state index >= 15 is 0 Å². The highest BCUT2D eigenvalue weighted by atomic mass is 16.5. The summed E-state index contributed by atoms with van der Waals surface area (Å²) in [6.07, 6.45) is 6.88. The number of imidazole rings is 1. The summed E-state index contributed by atoms with van der Waals surface area (Å²) in [7, 11) is 0. The molecule has 2 amide bonds. The summed E-state index contributed by atoms with van der Waals surface area (Å²) in [6.45, 7) is 9.08. The Morgan fingerprint density at radius 1 is 1.23 bits per heavy atom. The first-order chi connectivity index (χ1) is 10.6. The maximum absolute atomic E-state index is 11.7. The topological polar surface area (TPSA) is 71.4 Å². The van der Waals surface area contributed by atoms with Crippen LogP contribution in [0.2, 0.25) is 0 Å². The normalized spacial score (nSPS) is 22.5. The fourth-order valence-corrected chi connectivity index (χ4v) is 2.74. The number of urea groups is 1. The minimum atomic E-state index is -0.0972. The van der Waals surface area contributed by atoms with Gasteiger partial charge in [0.25, 0.3) is 0 Å². The molecular formula is C15H27N5O2. The van der Waals surface area contributed by atoms with Crippen LogP contribution in [0.5, 0.6) is 0 Å². The van der Waals surface area contributed by atoms with Crippen molar-refractivity contribution in [1.82, 2.24) is 25.1 Å². The average molecular weight is 309 g/mol. The van der Waals surface area contributed by atoms with Crippen molar-refractivity contribution in [2.45, 2.75) is 39.0 Å². The van der Waals surface area contributed by atoms with Crippen molar-refractivity contribution in [1.29, 1.82) is 0 Å². The van der Waals surface area contributed by atoms with Gasteiger partial charge in [-0.25, -0.2) is 9.78 Å². The second kappa shape index (κ2) is 8.75. The number of morpholine rings is 1. The predicted octanol–water partition coefficient (Wildman–Crippen LogP) is 0.682. The molecule has 7 nitrogen and oxygen atoms in total. The van der Waals surface area contributed by atoms with E-state index in [0.717, 1.165) is 32.6 Å². The molecule has 0 aromatic carbocycles. The van der Waals surface area contributed by atoms with Crippen LogP contribution in [0, 0.1) is 0 Å². The fourth-order valence-electron chi connectivity index (χ4n) is 2.74. The third-order valence-corrected chi connectivity index (χ3v) is 3.65. The highest BCUT2D eigenvalue weighted by Gasteiger charge is 2.21. The molecule has 2 N–H and O–H groups in total. The van der Waals surface area contributed by atoms with Gasteiger partial charge < -0.3 is 19.9 Å². The number of rotatable bonds is 7. The quantitative estimate of drug-likeness (QED) is 0.727. The summed E-state index contributed by atoms with van der Waals surface area (Å²) in [4.78, 5) is 18.0. The Kier molecular flexibility index (Phi) is 6.67. The number of amides is 2. The number of aromatic nitrogens is 2. The van der Waals surface area contributed by atoms with Gasteiger partial charge in [-0.05, 0) is 20.3 Å². The van der Waals surface area contributed by atoms with Crippen molar-refractivity contribution in [2.24, 2.45) is 0 Å². The zero-order chi connectivity index (χ0) is 15.8. The van der Waals surface area contributed by atoms with Crippen LogP contribution in [0.1, 0.15) is 20.3 Å². The fraction of sp³-hybridized carbons (Fsp3) is 0.733. The van der Waals surface area contributed by atoms with Crippen molar-refractivity contribution >= 4 is 6.03 Å². The first kappa shape index (κ1) is 16.8. The molecule has 2 rings (SSSR count). The molecular weight excluding hydrogens is 282 g/mol. The minimum absolute atomic E-state index is 0.0972. The summed E-state index contributed by atoms with van der Waals surface area (Å²) >= 11 is 0. The summed E-state index contributed by atoms with van der Waals surface area (Å²) in [6, 6.07) is -0.0972. The van der Waals surface area contributed by atoms with Crippen LogP contribution >= 0.6 is 0 Å². The van der Waals surface area contributed by atoms with E-state index in [2.05, 4.69) is 34.4 Å². The summed E-state index contributed by atoms with van der Waals surface area (Å²) in [5, 5.41) is 5.78. The Bertz CT molecular complexity index is 427. The molecule has 0 radical (unpaired) electrons. The highest BCUT2D eigenvalue weighted by Crippen LogP contribution is 2.09. The van der Waals surface area contributed by atoms with Gasteiger partial charge in [0.1, 0.15) is 0 Å². The van der Waals surface area contributed by atoms with E-state index < -0.39 is 0 Å². The maximum atomic E-state index is 11.7. The molecule has 0 spiro atoms. The van der Waals surface area contributed by atoms with Crippen molar-refractivity contribution < 1.29 is 9.53 Å². The monoisotopic (exact) mass is 309 g/mol. The lowest BCUT2D eigenvalue weighted by molar-refractivity contribution is -0.0672. The largest absolute Gasteiger partial charge is 0.373 e. The van der Waals surface area contributed by atoms with Gasteiger partial charge >= 0.3 is 6.03 Å². The molecule has 2 heterocycles. The van der Waals surface area contributed by atoms with Gasteiger partial charge in [-0.15, -0.1) is 0 Å². The first-order valence-electron chi connectivity index (χ1n) is 7.98. The Morgan fingerprint density at radius 2 is 1.95 bits per heavy atom. The Balaban J connectivity index is 1.50. The smallest absolute Gasteiger partial charge is 0.314 e. The summed E-state index contributed by atoms with van der Waals surface area (Å²) < 4.78 is 7.69. The highest BCUT2D eigenvalue weighted by molar-refractivity contribution is 5.73. The molecule has 1 aliphatic heterocycles. The van der Waals surface area contributed by atoms with Crippen LogP contribution in [0.25, 0.3) is 0 Å². The van der Waals surface area contributed by atoms with Crippen molar-refractivity contribution in [3.8, 4) is 0 Å². The van der Waals surface area contributed by atoms with Crippen LogP contribution in [-0.4, -0.2) is 65.4 Å². The summed E-state index contributed by atoms with van der Waals surface area (Å²) in [5.74, 6) is 0. The standard InChI is InChI=1S/C15H27N5O2/c1-13-10-20(11-14(2)22-13)9-6-18-15(21)17-4-3-7-19-8-5-16-12-19/h5,8,12-14H,3-4,6-7,9-11H2,1-2H3,(H2,17,18,21)/t13-,14+. The lowest BCUT2D eigenvalue weighted by Gasteiger charge is -2.35. The first-order valence-corrected chi connectivity index (χ1v) is 7.98. The predicted molar refractivity (Wildman–Crippen MR) is 84.7 cm³/mol. The van der Waals surface area contributed by atoms with Crippen LogP contribution in [0.15, 0.2) is 18.7 Å². The van der Waals surface area contributed by atoms with Crippen molar-refractivity contribution in [3.63, 3.8) is 0 Å². The Morgan fingerprint density at radius 3 is 2.64 bits per heavy atom. The van der Waals surface area contributed by atoms with E-state index in [4.69, 9.17) is 4.74 Å². The number of carbonyl (C=O) groups is 1. The number of aryl methyl sites for hydroxylation is 1. The Labute approximate surface area is 132 Å². The molecule has 1 aromatic rings. The molecule has 1 saturated heterocycles. The molecule has 124 valence electrons. The van der Waals surface area contributed by atoms with E-state index in [1.807, 2.05) is 10.8 Å². The Hall–Kier alpha value is -1.60. The van der Waals surface area contributed by atoms with Gasteiger partial charge in [-0.1, -0.05) is 0 Å². The molecule has 0 aliphatic carbocycles. The SMILES string of the molecule is C[C@@H]1CN(CCNC(=O)NCCCn2ccnc2)C[C@H](C)O1. The minimum Gasteiger partial charge on any atom is -0.373 e. The molecule has 0 saturated carbocycles. The number of hydrogen-bond donors (Lipinski definition) is 2. The van der Waals surface area contributed by atoms with E-state index in [9.17, 15) is 4.79 Å². The molecule has 1 fully saturated rings. The third kappa shape index (κ3) is 6.03. The van der Waals surface area contributed by atoms with E-state index in [1.54, 1.807) is 12.5 Å². The molecule has 2 atom stereocenters. The maximum Gasteiger partial charge on any atom is 0.314 e. The lowest BCUT2D eigenvalue weighted by Crippen LogP contribution is -2.48. The van der Waals surface area contributed by atoms with E-state index in [0.29, 0.717) is 13.1 Å². The van der Waals surface area contributed by atoms with Gasteiger partial charge in [0.15, 0.2) is 0 Å².